The van der Waals surface area contributed by atoms with Gasteiger partial charge < -0.3 is 10.2 Å². The minimum Gasteiger partial charge on any atom is -0.481 e. The van der Waals surface area contributed by atoms with Crippen LogP contribution >= 0.6 is 0 Å². The molecule has 0 aromatic carbocycles. The Morgan fingerprint density at radius 3 is 1.95 bits per heavy atom. The highest BCUT2D eigenvalue weighted by atomic mass is 16.4. The first kappa shape index (κ1) is 24.2. The van der Waals surface area contributed by atoms with Crippen LogP contribution in [0.1, 0.15) is 51.9 Å². The second kappa shape index (κ2) is 23.3. The zero-order valence-electron chi connectivity index (χ0n) is 12.7. The Kier molecular flexibility index (Phi) is 25.6. The van der Waals surface area contributed by atoms with Gasteiger partial charge in [-0.3, -0.25) is 9.59 Å². The van der Waals surface area contributed by atoms with Crippen LogP contribution in [0.2, 0.25) is 0 Å². The van der Waals surface area contributed by atoms with Crippen LogP contribution in [0.4, 0.5) is 0 Å². The summed E-state index contributed by atoms with van der Waals surface area (Å²) < 4.78 is 0. The number of carboxylic acid groups (broad SMARTS) is 2. The van der Waals surface area contributed by atoms with E-state index in [9.17, 15) is 9.59 Å². The predicted octanol–water partition coefficient (Wildman–Crippen LogP) is 3.01. The molecule has 22 heavy (non-hydrogen) atoms. The summed E-state index contributed by atoms with van der Waals surface area (Å²) in [6, 6.07) is 5.62. The Balaban J connectivity index is -0.000000279. The minimum absolute atomic E-state index is 0.00167. The fraction of sp³-hybridized carbons (Fsp3) is 0.533. The van der Waals surface area contributed by atoms with Gasteiger partial charge in [-0.25, -0.2) is 0 Å². The molecule has 0 amide bonds. The Morgan fingerprint density at radius 1 is 0.955 bits per heavy atom. The molecule has 0 fully saturated rings. The fourth-order valence-corrected chi connectivity index (χ4v) is 0.977. The van der Waals surface area contributed by atoms with Crippen LogP contribution in [-0.4, -0.2) is 22.2 Å². The van der Waals surface area contributed by atoms with E-state index < -0.39 is 11.9 Å². The van der Waals surface area contributed by atoms with Crippen molar-refractivity contribution in [3.05, 3.63) is 12.2 Å². The van der Waals surface area contributed by atoms with Crippen molar-refractivity contribution in [1.82, 2.24) is 0 Å². The van der Waals surface area contributed by atoms with Gasteiger partial charge in [0.15, 0.2) is 0 Å². The van der Waals surface area contributed by atoms with E-state index in [1.807, 2.05) is 12.1 Å². The molecule has 0 unspecified atom stereocenters. The van der Waals surface area contributed by atoms with Crippen LogP contribution < -0.4 is 0 Å². The average Bonchev–Trinajstić information content (AvgIpc) is 2.44. The second-order valence-corrected chi connectivity index (χ2v) is 3.77. The lowest BCUT2D eigenvalue weighted by Gasteiger charge is -1.92. The molecule has 0 rings (SSSR count). The zero-order chi connectivity index (χ0) is 17.6. The van der Waals surface area contributed by atoms with Crippen LogP contribution in [0.3, 0.4) is 0 Å². The van der Waals surface area contributed by atoms with Crippen LogP contribution in [0.5, 0.6) is 0 Å². The number of carboxylic acids is 2. The van der Waals surface area contributed by atoms with E-state index in [4.69, 9.17) is 26.0 Å². The smallest absolute Gasteiger partial charge is 0.307 e. The number of allylic oxidation sites excluding steroid dienone is 1. The molecular formula is C15H21N3O4. The molecule has 7 heteroatoms. The number of rotatable bonds is 8. The molecule has 7 nitrogen and oxygen atoms in total. The number of nitrogens with zero attached hydrogens (tertiary/aromatic N) is 3. The zero-order valence-corrected chi connectivity index (χ0v) is 12.7. The van der Waals surface area contributed by atoms with Gasteiger partial charge in [-0.2, -0.15) is 15.8 Å². The van der Waals surface area contributed by atoms with Crippen molar-refractivity contribution in [3.8, 4) is 18.2 Å². The van der Waals surface area contributed by atoms with E-state index >= 15 is 0 Å². The lowest BCUT2D eigenvalue weighted by Crippen LogP contribution is -1.93. The van der Waals surface area contributed by atoms with Gasteiger partial charge in [-0.05, 0) is 12.8 Å². The van der Waals surface area contributed by atoms with Gasteiger partial charge in [0.25, 0.3) is 0 Å². The topological polar surface area (TPSA) is 146 Å². The van der Waals surface area contributed by atoms with E-state index in [0.29, 0.717) is 12.8 Å². The maximum absolute atomic E-state index is 9.97. The summed E-state index contributed by atoms with van der Waals surface area (Å²) in [5.74, 6) is -1.62. The molecule has 0 aliphatic rings. The van der Waals surface area contributed by atoms with Crippen LogP contribution in [0.25, 0.3) is 0 Å². The Morgan fingerprint density at radius 2 is 1.55 bits per heavy atom. The first-order valence-corrected chi connectivity index (χ1v) is 6.59. The van der Waals surface area contributed by atoms with E-state index in [-0.39, 0.29) is 19.3 Å². The molecule has 0 saturated carbocycles. The molecule has 0 aromatic heterocycles. The lowest BCUT2D eigenvalue weighted by molar-refractivity contribution is -0.137. The third-order valence-corrected chi connectivity index (χ3v) is 1.85. The number of unbranched alkanes of at least 4 members (excludes halogenated alkanes) is 3. The number of nitriles is 3. The summed E-state index contributed by atoms with van der Waals surface area (Å²) >= 11 is 0. The highest BCUT2D eigenvalue weighted by Gasteiger charge is 1.94. The average molecular weight is 307 g/mol. The van der Waals surface area contributed by atoms with Crippen LogP contribution in [0.15, 0.2) is 12.2 Å². The van der Waals surface area contributed by atoms with Crippen molar-refractivity contribution in [1.29, 1.82) is 15.8 Å². The Hall–Kier alpha value is -2.85. The van der Waals surface area contributed by atoms with E-state index in [1.54, 1.807) is 6.07 Å². The quantitative estimate of drug-likeness (QED) is 0.517. The molecule has 0 heterocycles. The van der Waals surface area contributed by atoms with E-state index in [1.165, 1.54) is 19.1 Å². The van der Waals surface area contributed by atoms with Gasteiger partial charge in [-0.1, -0.05) is 18.6 Å². The first-order chi connectivity index (χ1) is 10.5. The molecule has 0 spiro atoms. The molecule has 0 aromatic rings. The summed E-state index contributed by atoms with van der Waals surface area (Å²) in [5, 5.41) is 39.7. The van der Waals surface area contributed by atoms with Gasteiger partial charge in [-0.15, -0.1) is 0 Å². The summed E-state index contributed by atoms with van der Waals surface area (Å²) in [5.41, 5.74) is 0. The Bertz CT molecular complexity index is 439. The van der Waals surface area contributed by atoms with Gasteiger partial charge in [0.1, 0.15) is 0 Å². The van der Waals surface area contributed by atoms with E-state index in [0.717, 1.165) is 12.8 Å². The molecule has 0 saturated heterocycles. The van der Waals surface area contributed by atoms with Crippen molar-refractivity contribution in [3.63, 3.8) is 0 Å². The molecule has 2 N–H and O–H groups in total. The van der Waals surface area contributed by atoms with Gasteiger partial charge >= 0.3 is 11.9 Å². The van der Waals surface area contributed by atoms with Crippen molar-refractivity contribution in [2.45, 2.75) is 51.9 Å². The highest BCUT2D eigenvalue weighted by Crippen LogP contribution is 2.01. The molecular weight excluding hydrogens is 286 g/mol. The summed E-state index contributed by atoms with van der Waals surface area (Å²) in [7, 11) is 0. The van der Waals surface area contributed by atoms with Crippen LogP contribution in [-0.2, 0) is 9.59 Å². The first-order valence-electron chi connectivity index (χ1n) is 6.59. The minimum atomic E-state index is -0.871. The molecule has 0 bridgehead atoms. The number of hydrogen-bond donors (Lipinski definition) is 2. The van der Waals surface area contributed by atoms with Crippen molar-refractivity contribution >= 4 is 11.9 Å². The molecule has 0 atom stereocenters. The van der Waals surface area contributed by atoms with Crippen molar-refractivity contribution in [2.75, 3.05) is 0 Å². The SMILES string of the molecule is CC#N.N#CC/C=C/CC(=O)O.N#CCCCCCC(=O)O. The fourth-order valence-electron chi connectivity index (χ4n) is 0.977. The molecule has 0 radical (unpaired) electrons. The van der Waals surface area contributed by atoms with Gasteiger partial charge in [0, 0.05) is 19.8 Å². The molecule has 120 valence electrons. The van der Waals surface area contributed by atoms with Crippen LogP contribution in [0, 0.1) is 34.0 Å². The number of hydrogen-bond acceptors (Lipinski definition) is 5. The van der Waals surface area contributed by atoms with Crippen molar-refractivity contribution < 1.29 is 19.8 Å². The van der Waals surface area contributed by atoms with Crippen molar-refractivity contribution in [2.24, 2.45) is 0 Å². The largest absolute Gasteiger partial charge is 0.481 e. The summed E-state index contributed by atoms with van der Waals surface area (Å²) in [6.45, 7) is 1.43. The third kappa shape index (κ3) is 43.4. The third-order valence-electron chi connectivity index (χ3n) is 1.85. The molecule has 0 aliphatic carbocycles. The maximum atomic E-state index is 9.97. The maximum Gasteiger partial charge on any atom is 0.307 e. The second-order valence-electron chi connectivity index (χ2n) is 3.77. The van der Waals surface area contributed by atoms with E-state index in [2.05, 4.69) is 0 Å². The summed E-state index contributed by atoms with van der Waals surface area (Å²) in [6.07, 6.45) is 6.42. The highest BCUT2D eigenvalue weighted by molar-refractivity contribution is 5.68. The monoisotopic (exact) mass is 307 g/mol. The number of carbonyl (C=O) groups is 2. The molecule has 0 aliphatic heterocycles. The van der Waals surface area contributed by atoms with Gasteiger partial charge in [0.2, 0.25) is 0 Å². The van der Waals surface area contributed by atoms with Gasteiger partial charge in [0.05, 0.1) is 31.0 Å². The number of aliphatic carboxylic acids is 2. The summed E-state index contributed by atoms with van der Waals surface area (Å²) in [4.78, 5) is 19.8. The normalized spacial score (nSPS) is 8.09. The lowest BCUT2D eigenvalue weighted by atomic mass is 10.1. The standard InChI is InChI=1S/C7H11NO2.C6H7NO2.C2H3N/c8-6-4-2-1-3-5-7(9)10;7-5-3-1-2-4-6(8)9;1-2-3/h1-5H2,(H,9,10);1-2H,3-4H2,(H,8,9);1H3/b;2-1+;. The predicted molar refractivity (Wildman–Crippen MR) is 79.2 cm³/mol. The Labute approximate surface area is 130 Å².